The third-order valence-corrected chi connectivity index (χ3v) is 4.15. The molecule has 0 radical (unpaired) electrons. The fraction of sp³-hybridized carbons (Fsp3) is 0.385. The Morgan fingerprint density at radius 2 is 2.10 bits per heavy atom. The molecule has 0 aliphatic carbocycles. The number of methoxy groups -OCH3 is 1. The van der Waals surface area contributed by atoms with Crippen LogP contribution in [-0.4, -0.2) is 42.0 Å². The van der Waals surface area contributed by atoms with Gasteiger partial charge in [0, 0.05) is 12.0 Å². The van der Waals surface area contributed by atoms with Crippen molar-refractivity contribution in [2.45, 2.75) is 23.2 Å². The molecule has 0 saturated heterocycles. The number of carbonyl (C=O) groups is 2. The summed E-state index contributed by atoms with van der Waals surface area (Å²) in [7, 11) is 1.28. The molecule has 0 aromatic heterocycles. The van der Waals surface area contributed by atoms with E-state index in [0.717, 1.165) is 4.90 Å². The molecule has 1 amide bonds. The fourth-order valence-electron chi connectivity index (χ4n) is 1.39. The van der Waals surface area contributed by atoms with Crippen molar-refractivity contribution in [3.63, 3.8) is 0 Å². The zero-order valence-corrected chi connectivity index (χ0v) is 12.7. The molecule has 7 heteroatoms. The topological polar surface area (TPSA) is 75.6 Å². The number of hydrogen-bond acceptors (Lipinski definition) is 4. The van der Waals surface area contributed by atoms with Crippen LogP contribution in [0.4, 0.5) is 0 Å². The van der Waals surface area contributed by atoms with Gasteiger partial charge in [0.2, 0.25) is 5.91 Å². The molecule has 0 bridgehead atoms. The van der Waals surface area contributed by atoms with Crippen LogP contribution in [0.3, 0.4) is 0 Å². The Morgan fingerprint density at radius 1 is 1.45 bits per heavy atom. The lowest BCUT2D eigenvalue weighted by molar-refractivity contribution is -0.148. The monoisotopic (exact) mass is 317 g/mol. The highest BCUT2D eigenvalue weighted by Gasteiger charge is 2.20. The van der Waals surface area contributed by atoms with Gasteiger partial charge in [0.05, 0.1) is 16.8 Å². The number of hydrogen-bond donors (Lipinski definition) is 2. The summed E-state index contributed by atoms with van der Waals surface area (Å²) in [4.78, 5) is 23.4. The van der Waals surface area contributed by atoms with Crippen LogP contribution in [0.2, 0.25) is 5.02 Å². The quantitative estimate of drug-likeness (QED) is 0.753. The van der Waals surface area contributed by atoms with Crippen LogP contribution in [0.5, 0.6) is 0 Å². The molecule has 0 saturated carbocycles. The summed E-state index contributed by atoms with van der Waals surface area (Å²) in [5, 5.41) is 11.5. The molecule has 1 aromatic rings. The number of amides is 1. The Labute approximate surface area is 126 Å². The maximum absolute atomic E-state index is 11.9. The second-order valence-corrected chi connectivity index (χ2v) is 5.79. The summed E-state index contributed by atoms with van der Waals surface area (Å²) in [6.45, 7) is 1.66. The minimum Gasteiger partial charge on any atom is -0.479 e. The van der Waals surface area contributed by atoms with E-state index in [1.807, 2.05) is 18.2 Å². The first kappa shape index (κ1) is 16.8. The van der Waals surface area contributed by atoms with Crippen LogP contribution in [0.25, 0.3) is 0 Å². The highest BCUT2D eigenvalue weighted by atomic mass is 35.5. The molecule has 1 rings (SSSR count). The van der Waals surface area contributed by atoms with Crippen LogP contribution in [0.1, 0.15) is 6.92 Å². The first-order chi connectivity index (χ1) is 9.45. The van der Waals surface area contributed by atoms with Gasteiger partial charge in [-0.1, -0.05) is 23.7 Å². The number of benzene rings is 1. The van der Waals surface area contributed by atoms with E-state index in [-0.39, 0.29) is 17.7 Å². The molecule has 2 atom stereocenters. The standard InChI is InChI=1S/C13H16ClNO4S/c1-8(20-11-6-4-3-5-9(11)14)12(16)15-7-10(19-2)13(17)18/h3-6,8,10H,7H2,1-2H3,(H,15,16)(H,17,18). The van der Waals surface area contributed by atoms with E-state index < -0.39 is 12.1 Å². The third-order valence-electron chi connectivity index (χ3n) is 2.53. The number of halogens is 1. The lowest BCUT2D eigenvalue weighted by atomic mass is 10.3. The Hall–Kier alpha value is -1.24. The van der Waals surface area contributed by atoms with Crippen molar-refractivity contribution in [2.75, 3.05) is 13.7 Å². The lowest BCUT2D eigenvalue weighted by Gasteiger charge is -2.15. The van der Waals surface area contributed by atoms with Gasteiger partial charge in [-0.25, -0.2) is 4.79 Å². The van der Waals surface area contributed by atoms with E-state index in [0.29, 0.717) is 5.02 Å². The second-order valence-electron chi connectivity index (χ2n) is 4.00. The van der Waals surface area contributed by atoms with Crippen LogP contribution in [0.15, 0.2) is 29.2 Å². The van der Waals surface area contributed by atoms with Gasteiger partial charge in [-0.2, -0.15) is 0 Å². The van der Waals surface area contributed by atoms with E-state index in [9.17, 15) is 9.59 Å². The third kappa shape index (κ3) is 5.03. The smallest absolute Gasteiger partial charge is 0.334 e. The molecule has 0 spiro atoms. The summed E-state index contributed by atoms with van der Waals surface area (Å²) in [5.41, 5.74) is 0. The summed E-state index contributed by atoms with van der Waals surface area (Å²) in [6.07, 6.45) is -1.04. The average Bonchev–Trinajstić information content (AvgIpc) is 2.41. The van der Waals surface area contributed by atoms with Crippen LogP contribution in [-0.2, 0) is 14.3 Å². The SMILES string of the molecule is COC(CNC(=O)C(C)Sc1ccccc1Cl)C(=O)O. The average molecular weight is 318 g/mol. The van der Waals surface area contributed by atoms with Crippen molar-refractivity contribution in [3.05, 3.63) is 29.3 Å². The Kier molecular flexibility index (Phi) is 6.84. The van der Waals surface area contributed by atoms with Crippen molar-refractivity contribution >= 4 is 35.2 Å². The Balaban J connectivity index is 2.51. The van der Waals surface area contributed by atoms with E-state index in [1.165, 1.54) is 18.9 Å². The van der Waals surface area contributed by atoms with Crippen molar-refractivity contribution < 1.29 is 19.4 Å². The van der Waals surface area contributed by atoms with Crippen molar-refractivity contribution in [1.29, 1.82) is 0 Å². The van der Waals surface area contributed by atoms with Gasteiger partial charge in [-0.15, -0.1) is 11.8 Å². The van der Waals surface area contributed by atoms with Gasteiger partial charge >= 0.3 is 5.97 Å². The first-order valence-corrected chi connectivity index (χ1v) is 7.16. The van der Waals surface area contributed by atoms with Crippen LogP contribution >= 0.6 is 23.4 Å². The number of thioether (sulfide) groups is 1. The van der Waals surface area contributed by atoms with Crippen LogP contribution < -0.4 is 5.32 Å². The summed E-state index contributed by atoms with van der Waals surface area (Å²) < 4.78 is 4.74. The van der Waals surface area contributed by atoms with Gasteiger partial charge in [0.15, 0.2) is 6.10 Å². The summed E-state index contributed by atoms with van der Waals surface area (Å²) in [5.74, 6) is -1.38. The zero-order valence-electron chi connectivity index (χ0n) is 11.1. The molecule has 110 valence electrons. The molecular weight excluding hydrogens is 302 g/mol. The predicted molar refractivity (Wildman–Crippen MR) is 78.2 cm³/mol. The van der Waals surface area contributed by atoms with Gasteiger partial charge in [-0.3, -0.25) is 4.79 Å². The summed E-state index contributed by atoms with van der Waals surface area (Å²) in [6, 6.07) is 7.23. The minimum atomic E-state index is -1.11. The molecule has 1 aromatic carbocycles. The Bertz CT molecular complexity index is 483. The second kappa shape index (κ2) is 8.14. The number of aliphatic carboxylic acids is 1. The molecule has 20 heavy (non-hydrogen) atoms. The van der Waals surface area contributed by atoms with Crippen molar-refractivity contribution in [1.82, 2.24) is 5.32 Å². The molecule has 0 fully saturated rings. The number of carboxylic acid groups (broad SMARTS) is 1. The van der Waals surface area contributed by atoms with Gasteiger partial charge in [0.25, 0.3) is 0 Å². The van der Waals surface area contributed by atoms with Crippen molar-refractivity contribution in [3.8, 4) is 0 Å². The summed E-state index contributed by atoms with van der Waals surface area (Å²) >= 11 is 7.33. The van der Waals surface area contributed by atoms with Gasteiger partial charge in [0.1, 0.15) is 0 Å². The van der Waals surface area contributed by atoms with Crippen LogP contribution in [0, 0.1) is 0 Å². The maximum Gasteiger partial charge on any atom is 0.334 e. The predicted octanol–water partition coefficient (Wildman–Crippen LogP) is 2.04. The van der Waals surface area contributed by atoms with E-state index in [2.05, 4.69) is 5.32 Å². The maximum atomic E-state index is 11.9. The number of carboxylic acids is 1. The molecule has 2 unspecified atom stereocenters. The number of rotatable bonds is 7. The highest BCUT2D eigenvalue weighted by Crippen LogP contribution is 2.29. The normalized spacial score (nSPS) is 13.6. The van der Waals surface area contributed by atoms with E-state index >= 15 is 0 Å². The number of nitrogens with one attached hydrogen (secondary N) is 1. The molecule has 2 N–H and O–H groups in total. The van der Waals surface area contributed by atoms with E-state index in [4.69, 9.17) is 21.4 Å². The van der Waals surface area contributed by atoms with Crippen molar-refractivity contribution in [2.24, 2.45) is 0 Å². The fourth-order valence-corrected chi connectivity index (χ4v) is 2.57. The molecular formula is C13H16ClNO4S. The minimum absolute atomic E-state index is 0.0713. The first-order valence-electron chi connectivity index (χ1n) is 5.90. The number of ether oxygens (including phenoxy) is 1. The van der Waals surface area contributed by atoms with Gasteiger partial charge in [-0.05, 0) is 19.1 Å². The highest BCUT2D eigenvalue weighted by molar-refractivity contribution is 8.00. The van der Waals surface area contributed by atoms with E-state index in [1.54, 1.807) is 13.0 Å². The largest absolute Gasteiger partial charge is 0.479 e. The van der Waals surface area contributed by atoms with Gasteiger partial charge < -0.3 is 15.2 Å². The zero-order chi connectivity index (χ0) is 15.1. The molecule has 5 nitrogen and oxygen atoms in total. The molecule has 0 aliphatic heterocycles. The Morgan fingerprint density at radius 3 is 2.65 bits per heavy atom. The molecule has 0 heterocycles. The molecule has 0 aliphatic rings. The number of carbonyl (C=O) groups excluding carboxylic acids is 1. The lowest BCUT2D eigenvalue weighted by Crippen LogP contribution is -2.40.